The number of rotatable bonds is 8. The van der Waals surface area contributed by atoms with Crippen molar-refractivity contribution in [2.24, 2.45) is 5.92 Å². The van der Waals surface area contributed by atoms with Crippen molar-refractivity contribution < 1.29 is 18.3 Å². The van der Waals surface area contributed by atoms with E-state index in [1.165, 1.54) is 5.70 Å². The second-order valence-corrected chi connectivity index (χ2v) is 9.37. The number of anilines is 1. The van der Waals surface area contributed by atoms with Crippen LogP contribution in [0.15, 0.2) is 54.2 Å². The van der Waals surface area contributed by atoms with Gasteiger partial charge >= 0.3 is 7.60 Å². The third kappa shape index (κ3) is 3.87. The van der Waals surface area contributed by atoms with Crippen LogP contribution in [0.2, 0.25) is 0 Å². The molecule has 6 heteroatoms. The smallest absolute Gasteiger partial charge is 0.357 e. The first-order chi connectivity index (χ1) is 14.1. The third-order valence-corrected chi connectivity index (χ3v) is 7.71. The molecule has 0 amide bonds. The monoisotopic (exact) mass is 413 g/mol. The van der Waals surface area contributed by atoms with Crippen LogP contribution in [0.4, 0.5) is 5.69 Å². The molecule has 0 radical (unpaired) electrons. The molecule has 0 saturated heterocycles. The van der Waals surface area contributed by atoms with Crippen LogP contribution in [0.1, 0.15) is 43.6 Å². The fourth-order valence-corrected chi connectivity index (χ4v) is 6.17. The highest BCUT2D eigenvalue weighted by Gasteiger charge is 2.47. The van der Waals surface area contributed by atoms with E-state index in [4.69, 9.17) is 13.8 Å². The fourth-order valence-electron chi connectivity index (χ4n) is 3.96. The van der Waals surface area contributed by atoms with Crippen LogP contribution in [0.3, 0.4) is 0 Å². The molecule has 1 heterocycles. The van der Waals surface area contributed by atoms with E-state index in [1.807, 2.05) is 56.3 Å². The molecular weight excluding hydrogens is 385 g/mol. The first-order valence-electron chi connectivity index (χ1n) is 10.2. The molecule has 29 heavy (non-hydrogen) atoms. The highest BCUT2D eigenvalue weighted by molar-refractivity contribution is 7.54. The van der Waals surface area contributed by atoms with Crippen molar-refractivity contribution in [2.75, 3.05) is 25.2 Å². The number of ether oxygens (including phenoxy) is 1. The average Bonchev–Trinajstić information content (AvgIpc) is 3.58. The molecule has 0 N–H and O–H groups in total. The van der Waals surface area contributed by atoms with E-state index in [0.717, 1.165) is 35.4 Å². The summed E-state index contributed by atoms with van der Waals surface area (Å²) in [6, 6.07) is 16.0. The molecule has 1 unspecified atom stereocenters. The lowest BCUT2D eigenvalue weighted by Gasteiger charge is -2.42. The number of hydrogen-bond donors (Lipinski definition) is 0. The number of fused-ring (bicyclic) bond motifs is 1. The zero-order valence-electron chi connectivity index (χ0n) is 17.2. The van der Waals surface area contributed by atoms with Gasteiger partial charge in [0.05, 0.1) is 20.3 Å². The number of hydrogen-bond acceptors (Lipinski definition) is 5. The maximum absolute atomic E-state index is 14.1. The molecular formula is C23H28NO4P. The molecule has 5 nitrogen and oxygen atoms in total. The standard InChI is InChI=1S/C23H28NO4P/c1-4-27-29(25,28-5-2)23-21-9-7-6-8-18(21)16-22(17-10-11-17)24(23)19-12-14-20(26-3)15-13-19/h6-9,12-17,23H,4-5,10-11H2,1-3H3. The van der Waals surface area contributed by atoms with E-state index in [2.05, 4.69) is 17.0 Å². The molecule has 1 fully saturated rings. The summed E-state index contributed by atoms with van der Waals surface area (Å²) in [4.78, 5) is 2.17. The summed E-state index contributed by atoms with van der Waals surface area (Å²) in [5.74, 6) is 0.731. The van der Waals surface area contributed by atoms with Crippen molar-refractivity contribution in [1.82, 2.24) is 0 Å². The van der Waals surface area contributed by atoms with Gasteiger partial charge in [-0.25, -0.2) is 0 Å². The van der Waals surface area contributed by atoms with Gasteiger partial charge in [-0.3, -0.25) is 4.57 Å². The Morgan fingerprint density at radius 3 is 2.24 bits per heavy atom. The zero-order valence-corrected chi connectivity index (χ0v) is 18.1. The third-order valence-electron chi connectivity index (χ3n) is 5.36. The maximum atomic E-state index is 14.1. The van der Waals surface area contributed by atoms with Crippen molar-refractivity contribution in [3.63, 3.8) is 0 Å². The second kappa shape index (κ2) is 8.35. The minimum atomic E-state index is -3.46. The highest BCUT2D eigenvalue weighted by Crippen LogP contribution is 2.66. The summed E-state index contributed by atoms with van der Waals surface area (Å²) >= 11 is 0. The minimum absolute atomic E-state index is 0.328. The predicted molar refractivity (Wildman–Crippen MR) is 116 cm³/mol. The van der Waals surface area contributed by atoms with Crippen LogP contribution in [0, 0.1) is 5.92 Å². The molecule has 1 aliphatic heterocycles. The molecule has 2 aromatic carbocycles. The van der Waals surface area contributed by atoms with E-state index in [0.29, 0.717) is 19.1 Å². The van der Waals surface area contributed by atoms with Crippen molar-refractivity contribution >= 4 is 19.4 Å². The van der Waals surface area contributed by atoms with E-state index < -0.39 is 13.4 Å². The predicted octanol–water partition coefficient (Wildman–Crippen LogP) is 6.23. The van der Waals surface area contributed by atoms with E-state index >= 15 is 0 Å². The normalized spacial score (nSPS) is 18.9. The SMILES string of the molecule is CCOP(=O)(OCC)C1c2ccccc2C=C(C2CC2)N1c1ccc(OC)cc1. The Morgan fingerprint density at radius 2 is 1.66 bits per heavy atom. The van der Waals surface area contributed by atoms with E-state index in [9.17, 15) is 4.57 Å². The Hall–Kier alpha value is -2.07. The van der Waals surface area contributed by atoms with Crippen molar-refractivity contribution in [2.45, 2.75) is 32.5 Å². The van der Waals surface area contributed by atoms with E-state index in [-0.39, 0.29) is 0 Å². The van der Waals surface area contributed by atoms with Gasteiger partial charge in [0.25, 0.3) is 0 Å². The number of nitrogens with zero attached hydrogens (tertiary/aromatic N) is 1. The fraction of sp³-hybridized carbons (Fsp3) is 0.391. The van der Waals surface area contributed by atoms with Crippen LogP contribution in [0.5, 0.6) is 5.75 Å². The molecule has 2 aromatic rings. The Kier molecular flexibility index (Phi) is 5.82. The average molecular weight is 413 g/mol. The number of methoxy groups -OCH3 is 1. The van der Waals surface area contributed by atoms with Crippen LogP contribution < -0.4 is 9.64 Å². The van der Waals surface area contributed by atoms with Gasteiger partial charge in [-0.2, -0.15) is 0 Å². The van der Waals surface area contributed by atoms with Gasteiger partial charge in [0.15, 0.2) is 5.78 Å². The Labute approximate surface area is 172 Å². The maximum Gasteiger partial charge on any atom is 0.357 e. The first kappa shape index (κ1) is 20.2. The van der Waals surface area contributed by atoms with Gasteiger partial charge in [0, 0.05) is 11.4 Å². The summed E-state index contributed by atoms with van der Waals surface area (Å²) in [6.07, 6.45) is 4.51. The summed E-state index contributed by atoms with van der Waals surface area (Å²) in [5, 5.41) is 0. The van der Waals surface area contributed by atoms with Gasteiger partial charge in [-0.05, 0) is 74.1 Å². The topological polar surface area (TPSA) is 48.0 Å². The van der Waals surface area contributed by atoms with Crippen LogP contribution in [0.25, 0.3) is 6.08 Å². The van der Waals surface area contributed by atoms with Gasteiger partial charge < -0.3 is 18.7 Å². The summed E-state index contributed by atoms with van der Waals surface area (Å²) in [5.41, 5.74) is 4.20. The quantitative estimate of drug-likeness (QED) is 0.480. The summed E-state index contributed by atoms with van der Waals surface area (Å²) in [7, 11) is -1.81. The number of benzene rings is 2. The van der Waals surface area contributed by atoms with Crippen LogP contribution in [-0.4, -0.2) is 20.3 Å². The lowest BCUT2D eigenvalue weighted by Crippen LogP contribution is -2.33. The van der Waals surface area contributed by atoms with Gasteiger partial charge in [0.1, 0.15) is 5.75 Å². The molecule has 0 bridgehead atoms. The lowest BCUT2D eigenvalue weighted by molar-refractivity contribution is 0.211. The molecule has 1 atom stereocenters. The first-order valence-corrected chi connectivity index (χ1v) is 11.8. The Balaban J connectivity index is 1.90. The largest absolute Gasteiger partial charge is 0.497 e. The second-order valence-electron chi connectivity index (χ2n) is 7.29. The molecule has 1 aliphatic carbocycles. The van der Waals surface area contributed by atoms with Crippen LogP contribution >= 0.6 is 7.60 Å². The molecule has 1 saturated carbocycles. The minimum Gasteiger partial charge on any atom is -0.497 e. The van der Waals surface area contributed by atoms with Crippen molar-refractivity contribution in [3.8, 4) is 5.75 Å². The number of allylic oxidation sites excluding steroid dienone is 1. The highest BCUT2D eigenvalue weighted by atomic mass is 31.2. The lowest BCUT2D eigenvalue weighted by atomic mass is 9.98. The van der Waals surface area contributed by atoms with Gasteiger partial charge in [-0.1, -0.05) is 24.3 Å². The Morgan fingerprint density at radius 1 is 1.00 bits per heavy atom. The van der Waals surface area contributed by atoms with Crippen molar-refractivity contribution in [1.29, 1.82) is 0 Å². The molecule has 154 valence electrons. The van der Waals surface area contributed by atoms with Crippen molar-refractivity contribution in [3.05, 3.63) is 65.4 Å². The molecule has 0 aromatic heterocycles. The Bertz CT molecular complexity index is 926. The van der Waals surface area contributed by atoms with Crippen LogP contribution in [-0.2, 0) is 13.6 Å². The van der Waals surface area contributed by atoms with E-state index in [1.54, 1.807) is 7.11 Å². The summed E-state index contributed by atoms with van der Waals surface area (Å²) < 4.78 is 31.1. The zero-order chi connectivity index (χ0) is 20.4. The van der Waals surface area contributed by atoms with Gasteiger partial charge in [-0.15, -0.1) is 0 Å². The molecule has 0 spiro atoms. The summed E-state index contributed by atoms with van der Waals surface area (Å²) in [6.45, 7) is 4.37. The molecule has 2 aliphatic rings. The van der Waals surface area contributed by atoms with Gasteiger partial charge in [0.2, 0.25) is 0 Å². The molecule has 4 rings (SSSR count).